The summed E-state index contributed by atoms with van der Waals surface area (Å²) in [5.41, 5.74) is 5.21. The highest BCUT2D eigenvalue weighted by molar-refractivity contribution is 8.00. The molecule has 0 spiro atoms. The molecule has 1 aromatic heterocycles. The topological polar surface area (TPSA) is 59.8 Å². The van der Waals surface area contributed by atoms with Gasteiger partial charge < -0.3 is 9.88 Å². The molecule has 0 aliphatic heterocycles. The molecule has 6 heteroatoms. The van der Waals surface area contributed by atoms with Gasteiger partial charge in [0.25, 0.3) is 0 Å². The molecular formula is C21H24N4OS. The van der Waals surface area contributed by atoms with Crippen LogP contribution in [0.3, 0.4) is 0 Å². The minimum Gasteiger partial charge on any atom is -0.325 e. The number of amides is 1. The number of benzene rings is 2. The highest BCUT2D eigenvalue weighted by Gasteiger charge is 2.20. The number of nitrogens with one attached hydrogen (secondary N) is 1. The van der Waals surface area contributed by atoms with Gasteiger partial charge in [-0.3, -0.25) is 4.79 Å². The minimum absolute atomic E-state index is 0.0471. The van der Waals surface area contributed by atoms with Crippen LogP contribution in [0.5, 0.6) is 0 Å². The summed E-state index contributed by atoms with van der Waals surface area (Å²) in [6, 6.07) is 14.1. The van der Waals surface area contributed by atoms with E-state index in [9.17, 15) is 4.79 Å². The monoisotopic (exact) mass is 380 g/mol. The van der Waals surface area contributed by atoms with E-state index in [1.807, 2.05) is 68.8 Å². The molecule has 0 fully saturated rings. The number of carbonyl (C=O) groups is 1. The summed E-state index contributed by atoms with van der Waals surface area (Å²) in [7, 11) is 1.93. The Kier molecular flexibility index (Phi) is 5.65. The van der Waals surface area contributed by atoms with Crippen molar-refractivity contribution in [1.29, 1.82) is 0 Å². The molecule has 0 bridgehead atoms. The standard InChI is InChI=1S/C21H24N4OS/c1-13-10-11-15(3)18(12-13)22-20(26)16(4)27-21-24-23-19(25(21)5)17-9-7-6-8-14(17)2/h6-12,16H,1-5H3,(H,22,26). The van der Waals surface area contributed by atoms with E-state index < -0.39 is 0 Å². The normalized spacial score (nSPS) is 12.0. The van der Waals surface area contributed by atoms with Gasteiger partial charge in [-0.2, -0.15) is 0 Å². The highest BCUT2D eigenvalue weighted by atomic mass is 32.2. The molecule has 0 aliphatic rings. The van der Waals surface area contributed by atoms with Crippen LogP contribution in [-0.2, 0) is 11.8 Å². The van der Waals surface area contributed by atoms with Crippen molar-refractivity contribution in [3.8, 4) is 11.4 Å². The third-order valence-electron chi connectivity index (χ3n) is 4.52. The van der Waals surface area contributed by atoms with Crippen LogP contribution in [0.1, 0.15) is 23.6 Å². The summed E-state index contributed by atoms with van der Waals surface area (Å²) in [4.78, 5) is 12.6. The Morgan fingerprint density at radius 2 is 1.81 bits per heavy atom. The number of carbonyl (C=O) groups excluding carboxylic acids is 1. The number of anilines is 1. The Hall–Kier alpha value is -2.60. The molecule has 0 saturated heterocycles. The lowest BCUT2D eigenvalue weighted by atomic mass is 10.1. The molecule has 0 aliphatic carbocycles. The summed E-state index contributed by atoms with van der Waals surface area (Å²) in [6.07, 6.45) is 0. The zero-order chi connectivity index (χ0) is 19.6. The summed E-state index contributed by atoms with van der Waals surface area (Å²) in [6.45, 7) is 7.94. The maximum absolute atomic E-state index is 12.6. The number of nitrogens with zero attached hydrogens (tertiary/aromatic N) is 3. The van der Waals surface area contributed by atoms with Crippen LogP contribution >= 0.6 is 11.8 Å². The molecule has 1 unspecified atom stereocenters. The second-order valence-electron chi connectivity index (χ2n) is 6.75. The van der Waals surface area contributed by atoms with Crippen molar-refractivity contribution in [2.24, 2.45) is 7.05 Å². The SMILES string of the molecule is Cc1ccc(C)c(NC(=O)C(C)Sc2nnc(-c3ccccc3C)n2C)c1. The van der Waals surface area contributed by atoms with Gasteiger partial charge in [0.05, 0.1) is 5.25 Å². The Morgan fingerprint density at radius 1 is 1.07 bits per heavy atom. The zero-order valence-electron chi connectivity index (χ0n) is 16.3. The van der Waals surface area contributed by atoms with Gasteiger partial charge >= 0.3 is 0 Å². The first-order valence-electron chi connectivity index (χ1n) is 8.87. The van der Waals surface area contributed by atoms with E-state index in [-0.39, 0.29) is 11.2 Å². The predicted octanol–water partition coefficient (Wildman–Crippen LogP) is 4.53. The maximum Gasteiger partial charge on any atom is 0.237 e. The van der Waals surface area contributed by atoms with Gasteiger partial charge in [0, 0.05) is 18.3 Å². The molecule has 5 nitrogen and oxygen atoms in total. The number of hydrogen-bond donors (Lipinski definition) is 1. The number of thioether (sulfide) groups is 1. The number of aryl methyl sites for hydroxylation is 3. The first kappa shape index (κ1) is 19.2. The van der Waals surface area contributed by atoms with Crippen LogP contribution < -0.4 is 5.32 Å². The van der Waals surface area contributed by atoms with E-state index >= 15 is 0 Å². The fourth-order valence-corrected chi connectivity index (χ4v) is 3.61. The zero-order valence-corrected chi connectivity index (χ0v) is 17.1. The van der Waals surface area contributed by atoms with Crippen LogP contribution in [-0.4, -0.2) is 25.9 Å². The molecule has 0 saturated carbocycles. The van der Waals surface area contributed by atoms with Crippen molar-refractivity contribution < 1.29 is 4.79 Å². The number of aromatic nitrogens is 3. The fourth-order valence-electron chi connectivity index (χ4n) is 2.79. The van der Waals surface area contributed by atoms with Crippen LogP contribution in [0, 0.1) is 20.8 Å². The third-order valence-corrected chi connectivity index (χ3v) is 5.66. The average molecular weight is 381 g/mol. The largest absolute Gasteiger partial charge is 0.325 e. The van der Waals surface area contributed by atoms with Crippen molar-refractivity contribution in [1.82, 2.24) is 14.8 Å². The van der Waals surface area contributed by atoms with E-state index in [1.54, 1.807) is 0 Å². The summed E-state index contributed by atoms with van der Waals surface area (Å²) in [5, 5.41) is 12.1. The quantitative estimate of drug-likeness (QED) is 0.661. The minimum atomic E-state index is -0.294. The number of rotatable bonds is 5. The summed E-state index contributed by atoms with van der Waals surface area (Å²) in [5.74, 6) is 0.756. The van der Waals surface area contributed by atoms with Crippen molar-refractivity contribution in [3.05, 3.63) is 59.2 Å². The van der Waals surface area contributed by atoms with Gasteiger partial charge in [0.15, 0.2) is 11.0 Å². The third kappa shape index (κ3) is 4.22. The molecule has 3 rings (SSSR count). The van der Waals surface area contributed by atoms with Gasteiger partial charge in [0.1, 0.15) is 0 Å². The molecule has 1 heterocycles. The molecule has 27 heavy (non-hydrogen) atoms. The smallest absolute Gasteiger partial charge is 0.237 e. The van der Waals surface area contributed by atoms with E-state index in [2.05, 4.69) is 28.5 Å². The predicted molar refractivity (Wildman–Crippen MR) is 111 cm³/mol. The van der Waals surface area contributed by atoms with Crippen molar-refractivity contribution in [3.63, 3.8) is 0 Å². The average Bonchev–Trinajstić information content (AvgIpc) is 2.99. The lowest BCUT2D eigenvalue weighted by molar-refractivity contribution is -0.115. The van der Waals surface area contributed by atoms with Crippen molar-refractivity contribution >= 4 is 23.4 Å². The molecule has 3 aromatic rings. The first-order chi connectivity index (χ1) is 12.9. The molecular weight excluding hydrogens is 356 g/mol. The van der Waals surface area contributed by atoms with Crippen molar-refractivity contribution in [2.75, 3.05) is 5.32 Å². The highest BCUT2D eigenvalue weighted by Crippen LogP contribution is 2.28. The van der Waals surface area contributed by atoms with E-state index in [0.717, 1.165) is 38.9 Å². The van der Waals surface area contributed by atoms with E-state index in [1.165, 1.54) is 11.8 Å². The van der Waals surface area contributed by atoms with Crippen LogP contribution in [0.4, 0.5) is 5.69 Å². The lowest BCUT2D eigenvalue weighted by Crippen LogP contribution is -2.23. The molecule has 1 atom stereocenters. The van der Waals surface area contributed by atoms with E-state index in [4.69, 9.17) is 0 Å². The Balaban J connectivity index is 1.75. The molecule has 1 N–H and O–H groups in total. The Bertz CT molecular complexity index is 980. The Labute approximate surface area is 164 Å². The number of hydrogen-bond acceptors (Lipinski definition) is 4. The van der Waals surface area contributed by atoms with Crippen LogP contribution in [0.2, 0.25) is 0 Å². The molecule has 1 amide bonds. The van der Waals surface area contributed by atoms with Gasteiger partial charge in [-0.25, -0.2) is 0 Å². The summed E-state index contributed by atoms with van der Waals surface area (Å²) < 4.78 is 1.94. The second-order valence-corrected chi connectivity index (χ2v) is 8.06. The lowest BCUT2D eigenvalue weighted by Gasteiger charge is -2.14. The summed E-state index contributed by atoms with van der Waals surface area (Å²) >= 11 is 1.41. The van der Waals surface area contributed by atoms with Crippen molar-refractivity contribution in [2.45, 2.75) is 38.1 Å². The van der Waals surface area contributed by atoms with Gasteiger partial charge in [0.2, 0.25) is 5.91 Å². The Morgan fingerprint density at radius 3 is 2.56 bits per heavy atom. The van der Waals surface area contributed by atoms with Gasteiger partial charge in [-0.15, -0.1) is 10.2 Å². The van der Waals surface area contributed by atoms with Crippen LogP contribution in [0.15, 0.2) is 47.6 Å². The maximum atomic E-state index is 12.6. The second kappa shape index (κ2) is 7.96. The van der Waals surface area contributed by atoms with E-state index in [0.29, 0.717) is 0 Å². The molecule has 140 valence electrons. The molecule has 2 aromatic carbocycles. The fraction of sp³-hybridized carbons (Fsp3) is 0.286. The van der Waals surface area contributed by atoms with Crippen LogP contribution in [0.25, 0.3) is 11.4 Å². The van der Waals surface area contributed by atoms with Gasteiger partial charge in [-0.05, 0) is 50.5 Å². The first-order valence-corrected chi connectivity index (χ1v) is 9.75. The molecule has 0 radical (unpaired) electrons. The van der Waals surface area contributed by atoms with Gasteiger partial charge in [-0.1, -0.05) is 48.2 Å².